The van der Waals surface area contributed by atoms with Gasteiger partial charge in [0.25, 0.3) is 0 Å². The molecule has 1 saturated heterocycles. The molecule has 0 unspecified atom stereocenters. The van der Waals surface area contributed by atoms with E-state index in [0.29, 0.717) is 11.6 Å². The standard InChI is InChI=1S/C11H20N2O3S/c1-4-11(3,5-2)12-10(16)13-7-17-6-8(13)9(14)15/h8H,4-7H2,1-3H3,(H,12,16)(H,14,15)/t8-/m0/s1. The molecule has 1 aliphatic rings. The summed E-state index contributed by atoms with van der Waals surface area (Å²) in [4.78, 5) is 24.4. The Kier molecular flexibility index (Phi) is 4.68. The van der Waals surface area contributed by atoms with Crippen LogP contribution in [0.4, 0.5) is 4.79 Å². The molecule has 0 spiro atoms. The van der Waals surface area contributed by atoms with Crippen molar-refractivity contribution in [2.45, 2.75) is 45.2 Å². The number of nitrogens with zero attached hydrogens (tertiary/aromatic N) is 1. The first kappa shape index (κ1) is 14.2. The van der Waals surface area contributed by atoms with Gasteiger partial charge in [0, 0.05) is 11.3 Å². The predicted octanol–water partition coefficient (Wildman–Crippen LogP) is 1.73. The van der Waals surface area contributed by atoms with Gasteiger partial charge in [-0.2, -0.15) is 0 Å². The maximum atomic E-state index is 12.0. The molecule has 2 amide bonds. The van der Waals surface area contributed by atoms with Crippen molar-refractivity contribution >= 4 is 23.8 Å². The van der Waals surface area contributed by atoms with Crippen molar-refractivity contribution in [3.63, 3.8) is 0 Å². The van der Waals surface area contributed by atoms with E-state index in [0.717, 1.165) is 12.8 Å². The first-order valence-electron chi connectivity index (χ1n) is 5.83. The molecule has 0 radical (unpaired) electrons. The molecule has 1 fully saturated rings. The van der Waals surface area contributed by atoms with Crippen LogP contribution in [0.5, 0.6) is 0 Å². The number of amides is 2. The number of carboxylic acid groups (broad SMARTS) is 1. The summed E-state index contributed by atoms with van der Waals surface area (Å²) in [5.74, 6) is -0.0100. The maximum absolute atomic E-state index is 12.0. The minimum absolute atomic E-state index is 0.257. The molecule has 0 aliphatic carbocycles. The Labute approximate surface area is 106 Å². The largest absolute Gasteiger partial charge is 0.480 e. The lowest BCUT2D eigenvalue weighted by atomic mass is 9.96. The Morgan fingerprint density at radius 3 is 2.53 bits per heavy atom. The number of thioether (sulfide) groups is 1. The van der Waals surface area contributed by atoms with Crippen LogP contribution in [-0.4, -0.2) is 45.2 Å². The normalized spacial score (nSPS) is 20.4. The Morgan fingerprint density at radius 1 is 1.47 bits per heavy atom. The van der Waals surface area contributed by atoms with Crippen LogP contribution in [0, 0.1) is 0 Å². The molecule has 1 atom stereocenters. The van der Waals surface area contributed by atoms with Crippen molar-refractivity contribution < 1.29 is 14.7 Å². The van der Waals surface area contributed by atoms with Crippen LogP contribution in [0.15, 0.2) is 0 Å². The Hall–Kier alpha value is -0.910. The van der Waals surface area contributed by atoms with Gasteiger partial charge in [0.2, 0.25) is 0 Å². The van der Waals surface area contributed by atoms with Gasteiger partial charge in [0.1, 0.15) is 6.04 Å². The van der Waals surface area contributed by atoms with Crippen LogP contribution in [0.1, 0.15) is 33.6 Å². The van der Waals surface area contributed by atoms with Gasteiger partial charge in [-0.1, -0.05) is 13.8 Å². The van der Waals surface area contributed by atoms with Crippen molar-refractivity contribution in [1.82, 2.24) is 10.2 Å². The molecule has 98 valence electrons. The van der Waals surface area contributed by atoms with Gasteiger partial charge >= 0.3 is 12.0 Å². The second kappa shape index (κ2) is 5.62. The van der Waals surface area contributed by atoms with Crippen LogP contribution >= 0.6 is 11.8 Å². The number of carboxylic acids is 1. The highest BCUT2D eigenvalue weighted by molar-refractivity contribution is 7.99. The number of aliphatic carboxylic acids is 1. The van der Waals surface area contributed by atoms with Crippen LogP contribution in [0.25, 0.3) is 0 Å². The molecule has 0 bridgehead atoms. The fourth-order valence-corrected chi connectivity index (χ4v) is 2.75. The van der Waals surface area contributed by atoms with Gasteiger partial charge in [0.15, 0.2) is 0 Å². The SMILES string of the molecule is CCC(C)(CC)NC(=O)N1CSC[C@H]1C(=O)O. The summed E-state index contributed by atoms with van der Waals surface area (Å²) >= 11 is 1.47. The van der Waals surface area contributed by atoms with E-state index in [9.17, 15) is 9.59 Å². The summed E-state index contributed by atoms with van der Waals surface area (Å²) in [6, 6.07) is -0.966. The molecule has 0 aromatic carbocycles. The monoisotopic (exact) mass is 260 g/mol. The predicted molar refractivity (Wildman–Crippen MR) is 68.1 cm³/mol. The van der Waals surface area contributed by atoms with Gasteiger partial charge < -0.3 is 15.3 Å². The quantitative estimate of drug-likeness (QED) is 0.807. The second-order valence-corrected chi connectivity index (χ2v) is 5.52. The molecule has 1 rings (SSSR count). The van der Waals surface area contributed by atoms with Gasteiger partial charge in [-0.15, -0.1) is 11.8 Å². The van der Waals surface area contributed by atoms with E-state index in [4.69, 9.17) is 5.11 Å². The summed E-state index contributed by atoms with van der Waals surface area (Å²) in [5.41, 5.74) is -0.257. The molecule has 6 heteroatoms. The van der Waals surface area contributed by atoms with Gasteiger partial charge in [-0.05, 0) is 19.8 Å². The third-order valence-electron chi connectivity index (χ3n) is 3.40. The molecular formula is C11H20N2O3S. The van der Waals surface area contributed by atoms with Gasteiger partial charge in [0.05, 0.1) is 5.88 Å². The van der Waals surface area contributed by atoms with E-state index in [1.54, 1.807) is 0 Å². The van der Waals surface area contributed by atoms with Crippen molar-refractivity contribution in [3.8, 4) is 0 Å². The van der Waals surface area contributed by atoms with Crippen LogP contribution in [0.2, 0.25) is 0 Å². The van der Waals surface area contributed by atoms with E-state index in [-0.39, 0.29) is 11.6 Å². The van der Waals surface area contributed by atoms with Crippen molar-refractivity contribution in [1.29, 1.82) is 0 Å². The van der Waals surface area contributed by atoms with Gasteiger partial charge in [-0.3, -0.25) is 0 Å². The minimum atomic E-state index is -0.931. The highest BCUT2D eigenvalue weighted by Crippen LogP contribution is 2.22. The molecule has 1 heterocycles. The molecule has 0 aromatic heterocycles. The van der Waals surface area contributed by atoms with E-state index < -0.39 is 12.0 Å². The fourth-order valence-electron chi connectivity index (χ4n) is 1.60. The van der Waals surface area contributed by atoms with Gasteiger partial charge in [-0.25, -0.2) is 9.59 Å². The van der Waals surface area contributed by atoms with Crippen molar-refractivity contribution in [3.05, 3.63) is 0 Å². The Balaban J connectivity index is 2.67. The first-order valence-corrected chi connectivity index (χ1v) is 6.98. The first-order chi connectivity index (χ1) is 7.93. The molecule has 1 aliphatic heterocycles. The summed E-state index contributed by atoms with van der Waals surface area (Å²) in [5, 5.41) is 11.9. The lowest BCUT2D eigenvalue weighted by Gasteiger charge is -2.31. The summed E-state index contributed by atoms with van der Waals surface area (Å²) in [6.07, 6.45) is 1.65. The number of hydrogen-bond acceptors (Lipinski definition) is 3. The van der Waals surface area contributed by atoms with Crippen LogP contribution in [-0.2, 0) is 4.79 Å². The smallest absolute Gasteiger partial charge is 0.327 e. The average Bonchev–Trinajstić information content (AvgIpc) is 2.77. The Morgan fingerprint density at radius 2 is 2.06 bits per heavy atom. The third kappa shape index (κ3) is 3.28. The number of rotatable bonds is 4. The molecule has 17 heavy (non-hydrogen) atoms. The van der Waals surface area contributed by atoms with Crippen LogP contribution < -0.4 is 5.32 Å². The van der Waals surface area contributed by atoms with Crippen molar-refractivity contribution in [2.24, 2.45) is 0 Å². The van der Waals surface area contributed by atoms with Crippen LogP contribution in [0.3, 0.4) is 0 Å². The molecule has 0 saturated carbocycles. The summed E-state index contributed by atoms with van der Waals surface area (Å²) in [7, 11) is 0. The lowest BCUT2D eigenvalue weighted by molar-refractivity contribution is -0.140. The summed E-state index contributed by atoms with van der Waals surface area (Å²) < 4.78 is 0. The van der Waals surface area contributed by atoms with E-state index >= 15 is 0 Å². The van der Waals surface area contributed by atoms with E-state index in [1.165, 1.54) is 16.7 Å². The highest BCUT2D eigenvalue weighted by Gasteiger charge is 2.36. The number of urea groups is 1. The molecule has 0 aromatic rings. The molecular weight excluding hydrogens is 240 g/mol. The maximum Gasteiger partial charge on any atom is 0.327 e. The topological polar surface area (TPSA) is 69.6 Å². The van der Waals surface area contributed by atoms with E-state index in [2.05, 4.69) is 5.32 Å². The average molecular weight is 260 g/mol. The molecule has 5 nitrogen and oxygen atoms in total. The zero-order valence-corrected chi connectivity index (χ0v) is 11.3. The second-order valence-electron chi connectivity index (χ2n) is 4.52. The highest BCUT2D eigenvalue weighted by atomic mass is 32.2. The number of carbonyl (C=O) groups excluding carboxylic acids is 1. The summed E-state index contributed by atoms with van der Waals surface area (Å²) in [6.45, 7) is 6.00. The van der Waals surface area contributed by atoms with E-state index in [1.807, 2.05) is 20.8 Å². The molecule has 2 N–H and O–H groups in total. The third-order valence-corrected chi connectivity index (χ3v) is 4.41. The Bertz CT molecular complexity index is 305. The number of carbonyl (C=O) groups is 2. The minimum Gasteiger partial charge on any atom is -0.480 e. The zero-order valence-electron chi connectivity index (χ0n) is 10.5. The lowest BCUT2D eigenvalue weighted by Crippen LogP contribution is -2.54. The zero-order chi connectivity index (χ0) is 13.1. The van der Waals surface area contributed by atoms with Crippen molar-refractivity contribution in [2.75, 3.05) is 11.6 Å². The fraction of sp³-hybridized carbons (Fsp3) is 0.818. The number of nitrogens with one attached hydrogen (secondary N) is 1. The number of hydrogen-bond donors (Lipinski definition) is 2.